The summed E-state index contributed by atoms with van der Waals surface area (Å²) in [5, 5.41) is 22.6. The number of ketones is 2. The summed E-state index contributed by atoms with van der Waals surface area (Å²) in [6.07, 6.45) is 6.56. The predicted octanol–water partition coefficient (Wildman–Crippen LogP) is 0.411. The smallest absolute Gasteiger partial charge is 0.190 e. The fourth-order valence-corrected chi connectivity index (χ4v) is 7.32. The summed E-state index contributed by atoms with van der Waals surface area (Å²) in [4.78, 5) is 46.2. The van der Waals surface area contributed by atoms with Crippen molar-refractivity contribution in [2.75, 3.05) is 6.61 Å². The molecule has 4 rings (SSSR count). The van der Waals surface area contributed by atoms with Crippen LogP contribution in [0.25, 0.3) is 0 Å². The minimum atomic E-state index is -5.34. The fraction of sp³-hybridized carbons (Fsp3) is 0.714. The number of carbonyl (C=O) groups excluding carboxylic acids is 2. The van der Waals surface area contributed by atoms with Gasteiger partial charge in [-0.05, 0) is 56.1 Å². The zero-order valence-corrected chi connectivity index (χ0v) is 18.0. The van der Waals surface area contributed by atoms with E-state index in [2.05, 4.69) is 4.52 Å². The van der Waals surface area contributed by atoms with Gasteiger partial charge in [-0.1, -0.05) is 25.5 Å². The van der Waals surface area contributed by atoms with Gasteiger partial charge in [0, 0.05) is 16.7 Å². The summed E-state index contributed by atoms with van der Waals surface area (Å²) in [5.41, 5.74) is -2.27. The maximum absolute atomic E-state index is 12.8. The number of rotatable bonds is 4. The van der Waals surface area contributed by atoms with Gasteiger partial charge in [0.05, 0.1) is 13.9 Å². The highest BCUT2D eigenvalue weighted by Crippen LogP contribution is 2.67. The van der Waals surface area contributed by atoms with Crippen LogP contribution in [0, 0.1) is 28.6 Å². The van der Waals surface area contributed by atoms with Gasteiger partial charge in [-0.25, -0.2) is 0 Å². The van der Waals surface area contributed by atoms with Crippen LogP contribution in [0.5, 0.6) is 0 Å². The number of fused-ring (bicyclic) bond motifs is 5. The highest BCUT2D eigenvalue weighted by atomic mass is 31.2. The van der Waals surface area contributed by atoms with Gasteiger partial charge in [-0.2, -0.15) is 0 Å². The average Bonchev–Trinajstić information content (AvgIpc) is 2.91. The van der Waals surface area contributed by atoms with E-state index in [0.29, 0.717) is 12.8 Å². The Balaban J connectivity index is 1.65. The van der Waals surface area contributed by atoms with Crippen LogP contribution >= 0.6 is 7.82 Å². The summed E-state index contributed by atoms with van der Waals surface area (Å²) < 4.78 is 14.9. The molecule has 0 aliphatic heterocycles. The number of hydrogen-bond donors (Lipinski definition) is 2. The molecular formula is C21H27O8P-2. The molecule has 4 aliphatic rings. The molecule has 0 saturated heterocycles. The molecule has 0 aromatic carbocycles. The van der Waals surface area contributed by atoms with Crippen LogP contribution in [0.2, 0.25) is 0 Å². The Kier molecular flexibility index (Phi) is 5.09. The molecule has 2 N–H and O–H groups in total. The lowest BCUT2D eigenvalue weighted by atomic mass is 9.46. The summed E-state index contributed by atoms with van der Waals surface area (Å²) >= 11 is 0. The van der Waals surface area contributed by atoms with Crippen molar-refractivity contribution in [1.29, 1.82) is 0 Å². The first-order valence-electron chi connectivity index (χ1n) is 10.4. The molecule has 0 spiro atoms. The Hall–Kier alpha value is -1.15. The van der Waals surface area contributed by atoms with Gasteiger partial charge in [-0.3, -0.25) is 9.59 Å². The number of phosphoric ester groups is 1. The van der Waals surface area contributed by atoms with E-state index in [0.717, 1.165) is 12.0 Å². The lowest BCUT2D eigenvalue weighted by Gasteiger charge is -2.59. The minimum Gasteiger partial charge on any atom is -0.790 e. The normalized spacial score (nSPS) is 45.4. The van der Waals surface area contributed by atoms with E-state index in [1.54, 1.807) is 19.1 Å². The summed E-state index contributed by atoms with van der Waals surface area (Å²) in [7, 11) is -5.34. The minimum absolute atomic E-state index is 0.0339. The molecule has 166 valence electrons. The van der Waals surface area contributed by atoms with E-state index >= 15 is 0 Å². The molecule has 0 aromatic heterocycles. The molecule has 9 heteroatoms. The molecule has 0 aromatic rings. The molecule has 8 nitrogen and oxygen atoms in total. The first-order chi connectivity index (χ1) is 13.8. The van der Waals surface area contributed by atoms with Crippen molar-refractivity contribution in [3.63, 3.8) is 0 Å². The Morgan fingerprint density at radius 2 is 2.03 bits per heavy atom. The van der Waals surface area contributed by atoms with Gasteiger partial charge in [-0.15, -0.1) is 0 Å². The number of allylic oxidation sites excluding steroid dienone is 4. The third-order valence-corrected chi connectivity index (χ3v) is 8.91. The molecule has 3 saturated carbocycles. The second-order valence-corrected chi connectivity index (χ2v) is 10.9. The Morgan fingerprint density at radius 1 is 1.33 bits per heavy atom. The number of Topliss-reactive ketones (excluding diaryl/α,β-unsaturated/α-hetero) is 1. The van der Waals surface area contributed by atoms with Crippen LogP contribution in [-0.4, -0.2) is 40.1 Å². The maximum atomic E-state index is 12.8. The monoisotopic (exact) mass is 438 g/mol. The van der Waals surface area contributed by atoms with Gasteiger partial charge in [0.2, 0.25) is 0 Å². The van der Waals surface area contributed by atoms with E-state index in [1.165, 1.54) is 0 Å². The first-order valence-corrected chi connectivity index (χ1v) is 11.8. The zero-order chi connectivity index (χ0) is 22.1. The van der Waals surface area contributed by atoms with Crippen LogP contribution in [-0.2, 0) is 18.7 Å². The molecular weight excluding hydrogens is 411 g/mol. The zero-order valence-electron chi connectivity index (χ0n) is 17.1. The van der Waals surface area contributed by atoms with Crippen LogP contribution in [0.1, 0.15) is 46.0 Å². The molecule has 0 bridgehead atoms. The number of carbonyl (C=O) groups is 2. The van der Waals surface area contributed by atoms with Crippen LogP contribution in [0.15, 0.2) is 23.8 Å². The number of hydrogen-bond acceptors (Lipinski definition) is 8. The Bertz CT molecular complexity index is 889. The Morgan fingerprint density at radius 3 is 2.70 bits per heavy atom. The molecule has 7 atom stereocenters. The molecule has 0 amide bonds. The van der Waals surface area contributed by atoms with Gasteiger partial charge in [0.25, 0.3) is 0 Å². The number of phosphoric acid groups is 1. The van der Waals surface area contributed by atoms with Crippen molar-refractivity contribution in [2.24, 2.45) is 28.6 Å². The lowest BCUT2D eigenvalue weighted by Crippen LogP contribution is -2.61. The number of aliphatic hydroxyl groups is 2. The van der Waals surface area contributed by atoms with Gasteiger partial charge in [0.1, 0.15) is 12.2 Å². The van der Waals surface area contributed by atoms with Crippen molar-refractivity contribution in [3.05, 3.63) is 23.8 Å². The summed E-state index contributed by atoms with van der Waals surface area (Å²) in [6.45, 7) is 2.80. The standard InChI is InChI=1S/C21H29O8P/c1-19-7-5-13(22)9-12(19)3-4-14-15-6-8-21(25,17(24)11-29-30(26,27)28)20(15,2)10-16(23)18(14)19/h5,7,9,14-16,18,23,25H,3-4,6,8,10-11H2,1-2H3,(H2,26,27,28)/p-2. The highest BCUT2D eigenvalue weighted by molar-refractivity contribution is 7.43. The van der Waals surface area contributed by atoms with Crippen molar-refractivity contribution in [1.82, 2.24) is 0 Å². The van der Waals surface area contributed by atoms with Crippen LogP contribution in [0.3, 0.4) is 0 Å². The molecule has 30 heavy (non-hydrogen) atoms. The summed E-state index contributed by atoms with van der Waals surface area (Å²) in [5.74, 6) is -1.05. The van der Waals surface area contributed by atoms with E-state index in [-0.39, 0.29) is 36.4 Å². The van der Waals surface area contributed by atoms with Gasteiger partial charge >= 0.3 is 0 Å². The summed E-state index contributed by atoms with van der Waals surface area (Å²) in [6, 6.07) is 0. The topological polar surface area (TPSA) is 147 Å². The maximum Gasteiger partial charge on any atom is 0.190 e. The van der Waals surface area contributed by atoms with Crippen molar-refractivity contribution < 1.29 is 38.7 Å². The SMILES string of the molecule is CC12C=CC(=O)C=C1CCC1C2C(O)CC2(C)C1CCC2(O)C(=O)COP(=O)([O-])[O-]. The largest absolute Gasteiger partial charge is 0.790 e. The third-order valence-electron chi connectivity index (χ3n) is 8.46. The Labute approximate surface area is 175 Å². The van der Waals surface area contributed by atoms with Crippen LogP contribution < -0.4 is 9.79 Å². The predicted molar refractivity (Wildman–Crippen MR) is 102 cm³/mol. The highest BCUT2D eigenvalue weighted by Gasteiger charge is 2.68. The van der Waals surface area contributed by atoms with Crippen LogP contribution in [0.4, 0.5) is 0 Å². The fourth-order valence-electron chi connectivity index (χ4n) is 7.05. The van der Waals surface area contributed by atoms with Gasteiger partial charge < -0.3 is 29.1 Å². The quantitative estimate of drug-likeness (QED) is 0.600. The van der Waals surface area contributed by atoms with Gasteiger partial charge in [0.15, 0.2) is 11.6 Å². The van der Waals surface area contributed by atoms with Crippen molar-refractivity contribution in [3.8, 4) is 0 Å². The van der Waals surface area contributed by atoms with Crippen molar-refractivity contribution >= 4 is 19.4 Å². The number of aliphatic hydroxyl groups excluding tert-OH is 1. The first kappa shape index (κ1) is 22.1. The van der Waals surface area contributed by atoms with E-state index in [4.69, 9.17) is 0 Å². The molecule has 0 radical (unpaired) electrons. The molecule has 3 fully saturated rings. The van der Waals surface area contributed by atoms with Crippen molar-refractivity contribution in [2.45, 2.75) is 57.7 Å². The van der Waals surface area contributed by atoms with E-state index in [1.807, 2.05) is 13.0 Å². The second kappa shape index (κ2) is 6.92. The second-order valence-electron chi connectivity index (χ2n) is 9.75. The lowest BCUT2D eigenvalue weighted by molar-refractivity contribution is -0.341. The molecule has 4 aliphatic carbocycles. The average molecular weight is 438 g/mol. The molecule has 0 heterocycles. The van der Waals surface area contributed by atoms with E-state index in [9.17, 15) is 34.2 Å². The molecule has 7 unspecified atom stereocenters. The van der Waals surface area contributed by atoms with E-state index < -0.39 is 42.7 Å². The third kappa shape index (κ3) is 3.12.